The van der Waals surface area contributed by atoms with Gasteiger partial charge in [0.2, 0.25) is 0 Å². The lowest BCUT2D eigenvalue weighted by Gasteiger charge is -2.18. The van der Waals surface area contributed by atoms with Crippen molar-refractivity contribution in [3.63, 3.8) is 0 Å². The lowest BCUT2D eigenvalue weighted by Crippen LogP contribution is -2.22. The molecular formula is C15H24N2. The quantitative estimate of drug-likeness (QED) is 0.693. The van der Waals surface area contributed by atoms with Gasteiger partial charge in [-0.3, -0.25) is 4.90 Å². The molecule has 0 amide bonds. The van der Waals surface area contributed by atoms with Crippen LogP contribution in [0.4, 0.5) is 0 Å². The van der Waals surface area contributed by atoms with Crippen LogP contribution in [-0.4, -0.2) is 31.6 Å². The Morgan fingerprint density at radius 2 is 1.88 bits per heavy atom. The summed E-state index contributed by atoms with van der Waals surface area (Å²) in [7, 11) is 1.99. The number of hydrogen-bond donors (Lipinski definition) is 1. The van der Waals surface area contributed by atoms with Crippen molar-refractivity contribution in [1.29, 1.82) is 0 Å². The Bertz CT molecular complexity index is 316. The van der Waals surface area contributed by atoms with E-state index in [-0.39, 0.29) is 0 Å². The predicted molar refractivity (Wildman–Crippen MR) is 75.2 cm³/mol. The Hall–Kier alpha value is -1.12. The smallest absolute Gasteiger partial charge is 0.0236 e. The zero-order valence-corrected chi connectivity index (χ0v) is 11.1. The van der Waals surface area contributed by atoms with E-state index in [1.165, 1.54) is 11.1 Å². The molecule has 0 spiro atoms. The second-order valence-corrected chi connectivity index (χ2v) is 4.29. The SMILES string of the molecule is C=CCN(CC)Cc1ccc(CCNC)cc1. The van der Waals surface area contributed by atoms with Gasteiger partial charge in [-0.15, -0.1) is 6.58 Å². The van der Waals surface area contributed by atoms with Crippen LogP contribution in [0.2, 0.25) is 0 Å². The molecule has 0 aromatic heterocycles. The second-order valence-electron chi connectivity index (χ2n) is 4.29. The Kier molecular flexibility index (Phi) is 6.60. The highest BCUT2D eigenvalue weighted by Gasteiger charge is 2.01. The molecule has 0 aliphatic carbocycles. The van der Waals surface area contributed by atoms with E-state index in [0.717, 1.165) is 32.6 Å². The molecule has 0 saturated heterocycles. The Labute approximate surface area is 105 Å². The van der Waals surface area contributed by atoms with E-state index in [9.17, 15) is 0 Å². The average molecular weight is 232 g/mol. The van der Waals surface area contributed by atoms with Crippen molar-refractivity contribution in [1.82, 2.24) is 10.2 Å². The van der Waals surface area contributed by atoms with Gasteiger partial charge < -0.3 is 5.32 Å². The molecule has 0 bridgehead atoms. The third kappa shape index (κ3) is 5.16. The summed E-state index contributed by atoms with van der Waals surface area (Å²) in [6, 6.07) is 8.93. The van der Waals surface area contributed by atoms with E-state index in [2.05, 4.69) is 48.0 Å². The van der Waals surface area contributed by atoms with Gasteiger partial charge in [-0.25, -0.2) is 0 Å². The monoisotopic (exact) mass is 232 g/mol. The fourth-order valence-electron chi connectivity index (χ4n) is 1.83. The van der Waals surface area contributed by atoms with E-state index in [1.807, 2.05) is 13.1 Å². The van der Waals surface area contributed by atoms with Crippen molar-refractivity contribution in [2.75, 3.05) is 26.7 Å². The largest absolute Gasteiger partial charge is 0.319 e. The van der Waals surface area contributed by atoms with Gasteiger partial charge in [0, 0.05) is 13.1 Å². The molecule has 17 heavy (non-hydrogen) atoms. The van der Waals surface area contributed by atoms with E-state index < -0.39 is 0 Å². The van der Waals surface area contributed by atoms with Crippen molar-refractivity contribution >= 4 is 0 Å². The predicted octanol–water partition coefficient (Wildman–Crippen LogP) is 2.46. The first-order valence-electron chi connectivity index (χ1n) is 6.35. The maximum Gasteiger partial charge on any atom is 0.0236 e. The summed E-state index contributed by atoms with van der Waals surface area (Å²) in [6.45, 7) is 10.0. The number of benzene rings is 1. The first kappa shape index (κ1) is 13.9. The van der Waals surface area contributed by atoms with Crippen molar-refractivity contribution < 1.29 is 0 Å². The molecular weight excluding hydrogens is 208 g/mol. The topological polar surface area (TPSA) is 15.3 Å². The summed E-state index contributed by atoms with van der Waals surface area (Å²) in [5.74, 6) is 0. The molecule has 94 valence electrons. The normalized spacial score (nSPS) is 10.8. The average Bonchev–Trinajstić information content (AvgIpc) is 2.37. The fourth-order valence-corrected chi connectivity index (χ4v) is 1.83. The van der Waals surface area contributed by atoms with Crippen LogP contribution < -0.4 is 5.32 Å². The third-order valence-electron chi connectivity index (χ3n) is 2.93. The first-order chi connectivity index (χ1) is 8.30. The van der Waals surface area contributed by atoms with E-state index in [1.54, 1.807) is 0 Å². The Morgan fingerprint density at radius 3 is 2.41 bits per heavy atom. The molecule has 0 aliphatic heterocycles. The number of nitrogens with one attached hydrogen (secondary N) is 1. The van der Waals surface area contributed by atoms with Gasteiger partial charge in [0.15, 0.2) is 0 Å². The summed E-state index contributed by atoms with van der Waals surface area (Å²) in [5.41, 5.74) is 2.77. The molecule has 1 rings (SSSR count). The number of rotatable bonds is 8. The molecule has 0 fully saturated rings. The highest BCUT2D eigenvalue weighted by atomic mass is 15.1. The molecule has 1 aromatic carbocycles. The van der Waals surface area contributed by atoms with Crippen molar-refractivity contribution in [2.24, 2.45) is 0 Å². The number of hydrogen-bond acceptors (Lipinski definition) is 2. The van der Waals surface area contributed by atoms with E-state index in [4.69, 9.17) is 0 Å². The maximum atomic E-state index is 3.79. The van der Waals surface area contributed by atoms with Crippen molar-refractivity contribution in [3.8, 4) is 0 Å². The molecule has 0 radical (unpaired) electrons. The first-order valence-corrected chi connectivity index (χ1v) is 6.35. The molecule has 0 aliphatic rings. The zero-order valence-electron chi connectivity index (χ0n) is 11.1. The zero-order chi connectivity index (χ0) is 12.5. The van der Waals surface area contributed by atoms with Crippen LogP contribution in [0.5, 0.6) is 0 Å². The third-order valence-corrected chi connectivity index (χ3v) is 2.93. The Balaban J connectivity index is 2.51. The molecule has 0 saturated carbocycles. The molecule has 0 unspecified atom stereocenters. The maximum absolute atomic E-state index is 3.79. The van der Waals surface area contributed by atoms with Gasteiger partial charge in [-0.2, -0.15) is 0 Å². The summed E-state index contributed by atoms with van der Waals surface area (Å²) in [4.78, 5) is 2.37. The number of likely N-dealkylation sites (N-methyl/N-ethyl adjacent to an activating group) is 2. The lowest BCUT2D eigenvalue weighted by molar-refractivity contribution is 0.311. The van der Waals surface area contributed by atoms with Crippen LogP contribution in [0.3, 0.4) is 0 Å². The molecule has 0 heterocycles. The minimum atomic E-state index is 0.956. The molecule has 2 heteroatoms. The van der Waals surface area contributed by atoms with Crippen LogP contribution >= 0.6 is 0 Å². The summed E-state index contributed by atoms with van der Waals surface area (Å²) < 4.78 is 0. The highest BCUT2D eigenvalue weighted by Crippen LogP contribution is 2.08. The summed E-state index contributed by atoms with van der Waals surface area (Å²) in [6.07, 6.45) is 3.06. The van der Waals surface area contributed by atoms with E-state index in [0.29, 0.717) is 0 Å². The van der Waals surface area contributed by atoms with Crippen molar-refractivity contribution in [3.05, 3.63) is 48.0 Å². The molecule has 0 atom stereocenters. The highest BCUT2D eigenvalue weighted by molar-refractivity contribution is 5.22. The van der Waals surface area contributed by atoms with Crippen LogP contribution in [0.1, 0.15) is 18.1 Å². The second kappa shape index (κ2) is 8.04. The van der Waals surface area contributed by atoms with Crippen LogP contribution in [0.25, 0.3) is 0 Å². The lowest BCUT2D eigenvalue weighted by atomic mass is 10.1. The number of nitrogens with zero attached hydrogens (tertiary/aromatic N) is 1. The van der Waals surface area contributed by atoms with Crippen LogP contribution in [0, 0.1) is 0 Å². The summed E-state index contributed by atoms with van der Waals surface area (Å²) >= 11 is 0. The van der Waals surface area contributed by atoms with Gasteiger partial charge in [-0.1, -0.05) is 37.3 Å². The van der Waals surface area contributed by atoms with Crippen LogP contribution in [0.15, 0.2) is 36.9 Å². The van der Waals surface area contributed by atoms with Gasteiger partial charge in [0.25, 0.3) is 0 Å². The standard InChI is InChI=1S/C15H24N2/c1-4-12-17(5-2)13-15-8-6-14(7-9-15)10-11-16-3/h4,6-9,16H,1,5,10-13H2,2-3H3. The van der Waals surface area contributed by atoms with E-state index >= 15 is 0 Å². The summed E-state index contributed by atoms with van der Waals surface area (Å²) in [5, 5.41) is 3.17. The van der Waals surface area contributed by atoms with Gasteiger partial charge >= 0.3 is 0 Å². The minimum Gasteiger partial charge on any atom is -0.319 e. The van der Waals surface area contributed by atoms with Gasteiger partial charge in [0.1, 0.15) is 0 Å². The minimum absolute atomic E-state index is 0.956. The molecule has 1 N–H and O–H groups in total. The molecule has 2 nitrogen and oxygen atoms in total. The van der Waals surface area contributed by atoms with Crippen molar-refractivity contribution in [2.45, 2.75) is 19.9 Å². The van der Waals surface area contributed by atoms with Gasteiger partial charge in [0.05, 0.1) is 0 Å². The Morgan fingerprint density at radius 1 is 1.24 bits per heavy atom. The van der Waals surface area contributed by atoms with Crippen LogP contribution in [-0.2, 0) is 13.0 Å². The van der Waals surface area contributed by atoms with Gasteiger partial charge in [-0.05, 0) is 37.7 Å². The fraction of sp³-hybridized carbons (Fsp3) is 0.467. The molecule has 1 aromatic rings.